The van der Waals surface area contributed by atoms with Gasteiger partial charge in [0.25, 0.3) is 5.91 Å². The van der Waals surface area contributed by atoms with Gasteiger partial charge in [-0.3, -0.25) is 9.78 Å². The first-order chi connectivity index (χ1) is 9.00. The number of amides is 1. The first-order valence-corrected chi connectivity index (χ1v) is 5.43. The second-order valence-electron chi connectivity index (χ2n) is 3.92. The molecule has 0 aliphatic heterocycles. The number of nitrogens with two attached hydrogens (primary N) is 1. The fraction of sp³-hybridized carbons (Fsp3) is 0.0769. The molecule has 0 aliphatic rings. The SMILES string of the molecule is CN(C(=O)c1cc(N)c(F)cc1F)c1ccncc1. The van der Waals surface area contributed by atoms with E-state index in [0.29, 0.717) is 11.8 Å². The molecule has 2 aromatic rings. The number of rotatable bonds is 2. The monoisotopic (exact) mass is 263 g/mol. The predicted molar refractivity (Wildman–Crippen MR) is 67.7 cm³/mol. The van der Waals surface area contributed by atoms with Gasteiger partial charge < -0.3 is 10.6 Å². The minimum absolute atomic E-state index is 0.270. The third-order valence-electron chi connectivity index (χ3n) is 2.67. The number of nitrogen functional groups attached to an aromatic ring is 1. The molecule has 19 heavy (non-hydrogen) atoms. The van der Waals surface area contributed by atoms with E-state index in [1.807, 2.05) is 0 Å². The largest absolute Gasteiger partial charge is 0.396 e. The van der Waals surface area contributed by atoms with Crippen molar-refractivity contribution >= 4 is 17.3 Å². The first-order valence-electron chi connectivity index (χ1n) is 5.43. The van der Waals surface area contributed by atoms with Gasteiger partial charge in [0.2, 0.25) is 0 Å². The Morgan fingerprint density at radius 1 is 1.21 bits per heavy atom. The number of nitrogens with zero attached hydrogens (tertiary/aromatic N) is 2. The summed E-state index contributed by atoms with van der Waals surface area (Å²) in [6, 6.07) is 4.79. The van der Waals surface area contributed by atoms with E-state index in [-0.39, 0.29) is 11.3 Å². The summed E-state index contributed by atoms with van der Waals surface area (Å²) >= 11 is 0. The van der Waals surface area contributed by atoms with Crippen molar-refractivity contribution in [3.8, 4) is 0 Å². The summed E-state index contributed by atoms with van der Waals surface area (Å²) in [4.78, 5) is 17.2. The quantitative estimate of drug-likeness (QED) is 0.845. The van der Waals surface area contributed by atoms with Gasteiger partial charge in [-0.2, -0.15) is 0 Å². The van der Waals surface area contributed by atoms with Crippen molar-refractivity contribution in [1.82, 2.24) is 4.98 Å². The molecule has 0 spiro atoms. The smallest absolute Gasteiger partial charge is 0.261 e. The second kappa shape index (κ2) is 5.01. The normalized spacial score (nSPS) is 10.3. The third-order valence-corrected chi connectivity index (χ3v) is 2.67. The summed E-state index contributed by atoms with van der Waals surface area (Å²) in [6.45, 7) is 0. The number of benzene rings is 1. The van der Waals surface area contributed by atoms with Crippen LogP contribution in [-0.2, 0) is 0 Å². The van der Waals surface area contributed by atoms with Gasteiger partial charge in [-0.05, 0) is 18.2 Å². The zero-order chi connectivity index (χ0) is 14.0. The Morgan fingerprint density at radius 2 is 1.84 bits per heavy atom. The molecular weight excluding hydrogens is 252 g/mol. The number of hydrogen-bond acceptors (Lipinski definition) is 3. The van der Waals surface area contributed by atoms with E-state index < -0.39 is 17.5 Å². The van der Waals surface area contributed by atoms with Crippen LogP contribution >= 0.6 is 0 Å². The number of carbonyl (C=O) groups excluding carboxylic acids is 1. The predicted octanol–water partition coefficient (Wildman–Crippen LogP) is 2.22. The fourth-order valence-electron chi connectivity index (χ4n) is 1.60. The van der Waals surface area contributed by atoms with Crippen molar-refractivity contribution in [2.45, 2.75) is 0 Å². The number of halogens is 2. The van der Waals surface area contributed by atoms with E-state index in [1.165, 1.54) is 24.3 Å². The van der Waals surface area contributed by atoms with E-state index in [1.54, 1.807) is 12.1 Å². The summed E-state index contributed by atoms with van der Waals surface area (Å²) in [5.74, 6) is -2.45. The maximum atomic E-state index is 13.6. The molecule has 6 heteroatoms. The van der Waals surface area contributed by atoms with Gasteiger partial charge >= 0.3 is 0 Å². The highest BCUT2D eigenvalue weighted by atomic mass is 19.1. The van der Waals surface area contributed by atoms with Gasteiger partial charge in [0, 0.05) is 31.2 Å². The van der Waals surface area contributed by atoms with Crippen LogP contribution in [0.3, 0.4) is 0 Å². The summed E-state index contributed by atoms with van der Waals surface area (Å²) in [6.07, 6.45) is 3.02. The summed E-state index contributed by atoms with van der Waals surface area (Å²) in [5, 5.41) is 0. The molecule has 0 aliphatic carbocycles. The molecule has 0 saturated carbocycles. The lowest BCUT2D eigenvalue weighted by Gasteiger charge is -2.17. The molecule has 0 saturated heterocycles. The van der Waals surface area contributed by atoms with Crippen molar-refractivity contribution in [3.63, 3.8) is 0 Å². The Kier molecular flexibility index (Phi) is 3.41. The zero-order valence-corrected chi connectivity index (χ0v) is 10.1. The number of carbonyl (C=O) groups is 1. The topological polar surface area (TPSA) is 59.2 Å². The number of aromatic nitrogens is 1. The van der Waals surface area contributed by atoms with E-state index >= 15 is 0 Å². The Hall–Kier alpha value is -2.50. The van der Waals surface area contributed by atoms with Crippen LogP contribution in [-0.4, -0.2) is 17.9 Å². The molecule has 0 atom stereocenters. The Bertz CT molecular complexity index is 617. The molecule has 1 aromatic heterocycles. The molecule has 0 unspecified atom stereocenters. The van der Waals surface area contributed by atoms with Gasteiger partial charge in [0.05, 0.1) is 11.3 Å². The molecule has 98 valence electrons. The van der Waals surface area contributed by atoms with Crippen LogP contribution in [0.4, 0.5) is 20.2 Å². The van der Waals surface area contributed by atoms with Crippen molar-refractivity contribution < 1.29 is 13.6 Å². The fourth-order valence-corrected chi connectivity index (χ4v) is 1.60. The van der Waals surface area contributed by atoms with Gasteiger partial charge in [0.15, 0.2) is 0 Å². The van der Waals surface area contributed by atoms with Gasteiger partial charge in [-0.25, -0.2) is 8.78 Å². The highest BCUT2D eigenvalue weighted by Gasteiger charge is 2.19. The van der Waals surface area contributed by atoms with E-state index in [2.05, 4.69) is 4.98 Å². The van der Waals surface area contributed by atoms with Crippen molar-refractivity contribution in [2.75, 3.05) is 17.7 Å². The molecule has 2 rings (SSSR count). The van der Waals surface area contributed by atoms with Crippen LogP contribution in [0.1, 0.15) is 10.4 Å². The van der Waals surface area contributed by atoms with Crippen LogP contribution < -0.4 is 10.6 Å². The Morgan fingerprint density at radius 3 is 2.47 bits per heavy atom. The van der Waals surface area contributed by atoms with Crippen molar-refractivity contribution in [3.05, 3.63) is 53.9 Å². The van der Waals surface area contributed by atoms with E-state index in [4.69, 9.17) is 5.73 Å². The van der Waals surface area contributed by atoms with Crippen molar-refractivity contribution in [2.24, 2.45) is 0 Å². The molecule has 1 heterocycles. The van der Waals surface area contributed by atoms with Crippen LogP contribution in [0.15, 0.2) is 36.7 Å². The lowest BCUT2D eigenvalue weighted by atomic mass is 10.1. The Labute approximate surface area is 108 Å². The Balaban J connectivity index is 2.37. The molecule has 2 N–H and O–H groups in total. The minimum atomic E-state index is -0.947. The summed E-state index contributed by atoms with van der Waals surface area (Å²) in [5.41, 5.74) is 5.34. The summed E-state index contributed by atoms with van der Waals surface area (Å²) in [7, 11) is 1.48. The standard InChI is InChI=1S/C13H11F2N3O/c1-18(8-2-4-17-5-3-8)13(19)9-6-12(16)11(15)7-10(9)14/h2-7H,16H2,1H3. The summed E-state index contributed by atoms with van der Waals surface area (Å²) < 4.78 is 26.7. The van der Waals surface area contributed by atoms with E-state index in [0.717, 1.165) is 6.07 Å². The van der Waals surface area contributed by atoms with Gasteiger partial charge in [0.1, 0.15) is 11.6 Å². The average molecular weight is 263 g/mol. The highest BCUT2D eigenvalue weighted by Crippen LogP contribution is 2.20. The molecule has 1 aromatic carbocycles. The molecule has 1 amide bonds. The maximum Gasteiger partial charge on any atom is 0.261 e. The lowest BCUT2D eigenvalue weighted by Crippen LogP contribution is -2.27. The van der Waals surface area contributed by atoms with Crippen molar-refractivity contribution in [1.29, 1.82) is 0 Å². The maximum absolute atomic E-state index is 13.6. The minimum Gasteiger partial charge on any atom is -0.396 e. The molecular formula is C13H11F2N3O. The van der Waals surface area contributed by atoms with Gasteiger partial charge in [-0.1, -0.05) is 0 Å². The second-order valence-corrected chi connectivity index (χ2v) is 3.92. The molecule has 4 nitrogen and oxygen atoms in total. The van der Waals surface area contributed by atoms with Crippen LogP contribution in [0.2, 0.25) is 0 Å². The lowest BCUT2D eigenvalue weighted by molar-refractivity contribution is 0.0989. The molecule has 0 fully saturated rings. The van der Waals surface area contributed by atoms with Gasteiger partial charge in [-0.15, -0.1) is 0 Å². The zero-order valence-electron chi connectivity index (χ0n) is 10.1. The van der Waals surface area contributed by atoms with Crippen LogP contribution in [0, 0.1) is 11.6 Å². The van der Waals surface area contributed by atoms with E-state index in [9.17, 15) is 13.6 Å². The molecule has 0 radical (unpaired) electrons. The van der Waals surface area contributed by atoms with Crippen LogP contribution in [0.5, 0.6) is 0 Å². The number of anilines is 2. The van der Waals surface area contributed by atoms with Crippen LogP contribution in [0.25, 0.3) is 0 Å². The highest BCUT2D eigenvalue weighted by molar-refractivity contribution is 6.06. The average Bonchev–Trinajstić information content (AvgIpc) is 2.42. The first kappa shape index (κ1) is 12.9. The number of pyridine rings is 1. The third kappa shape index (κ3) is 2.52. The molecule has 0 bridgehead atoms. The number of hydrogen-bond donors (Lipinski definition) is 1.